The molecule has 0 bridgehead atoms. The second-order valence-corrected chi connectivity index (χ2v) is 8.78. The van der Waals surface area contributed by atoms with Crippen LogP contribution in [-0.4, -0.2) is 29.7 Å². The van der Waals surface area contributed by atoms with Crippen molar-refractivity contribution >= 4 is 33.1 Å². The van der Waals surface area contributed by atoms with Gasteiger partial charge < -0.3 is 14.8 Å². The van der Waals surface area contributed by atoms with E-state index in [1.54, 1.807) is 43.6 Å². The van der Waals surface area contributed by atoms with Crippen LogP contribution in [0.5, 0.6) is 11.5 Å². The van der Waals surface area contributed by atoms with E-state index in [4.69, 9.17) is 9.47 Å². The molecule has 1 amide bonds. The molecule has 1 aliphatic rings. The molecule has 0 saturated carbocycles. The van der Waals surface area contributed by atoms with E-state index in [0.717, 1.165) is 29.7 Å². The minimum atomic E-state index is -0.317. The lowest BCUT2D eigenvalue weighted by Gasteiger charge is -2.17. The molecule has 0 saturated heterocycles. The van der Waals surface area contributed by atoms with E-state index in [1.165, 1.54) is 16.6 Å². The highest BCUT2D eigenvalue weighted by atomic mass is 32.1. The molecule has 1 N–H and O–H groups in total. The van der Waals surface area contributed by atoms with Gasteiger partial charge in [-0.25, -0.2) is 4.98 Å². The van der Waals surface area contributed by atoms with Gasteiger partial charge >= 0.3 is 0 Å². The van der Waals surface area contributed by atoms with Gasteiger partial charge in [0, 0.05) is 10.9 Å². The molecule has 0 aliphatic heterocycles. The van der Waals surface area contributed by atoms with Gasteiger partial charge in [0.25, 0.3) is 5.56 Å². The number of aryl methyl sites for hydroxylation is 2. The summed E-state index contributed by atoms with van der Waals surface area (Å²) in [5, 5.41) is 3.50. The molecule has 4 rings (SSSR count). The number of anilines is 1. The highest BCUT2D eigenvalue weighted by Crippen LogP contribution is 2.36. The lowest BCUT2D eigenvalue weighted by Crippen LogP contribution is -2.30. The Morgan fingerprint density at radius 2 is 2.13 bits per heavy atom. The van der Waals surface area contributed by atoms with Crippen molar-refractivity contribution in [2.24, 2.45) is 5.92 Å². The summed E-state index contributed by atoms with van der Waals surface area (Å²) in [5.41, 5.74) is 1.50. The fourth-order valence-corrected chi connectivity index (χ4v) is 5.37. The summed E-state index contributed by atoms with van der Waals surface area (Å²) >= 11 is 1.62. The van der Waals surface area contributed by atoms with E-state index in [0.29, 0.717) is 34.3 Å². The number of ether oxygens (including phenoxy) is 2. The largest absolute Gasteiger partial charge is 0.497 e. The van der Waals surface area contributed by atoms with Crippen molar-refractivity contribution < 1.29 is 14.3 Å². The molecular weight excluding hydrogens is 402 g/mol. The number of carbonyl (C=O) groups excluding carboxylic acids is 1. The lowest BCUT2D eigenvalue weighted by molar-refractivity contribution is -0.116. The van der Waals surface area contributed by atoms with Gasteiger partial charge in [-0.15, -0.1) is 11.3 Å². The first-order valence-electron chi connectivity index (χ1n) is 9.94. The predicted octanol–water partition coefficient (Wildman–Crippen LogP) is 3.55. The third kappa shape index (κ3) is 3.67. The summed E-state index contributed by atoms with van der Waals surface area (Å²) in [7, 11) is 3.09. The highest BCUT2D eigenvalue weighted by Gasteiger charge is 2.24. The Balaban J connectivity index is 1.64. The quantitative estimate of drug-likeness (QED) is 0.673. The van der Waals surface area contributed by atoms with Crippen LogP contribution in [0.15, 0.2) is 23.0 Å². The number of hydrogen-bond donors (Lipinski definition) is 1. The third-order valence-corrected chi connectivity index (χ3v) is 6.74. The van der Waals surface area contributed by atoms with Crippen LogP contribution in [0.3, 0.4) is 0 Å². The standard InChI is InChI=1S/C22H25N3O4S/c1-12-5-7-15-18(9-12)30-21-20(15)22(27)25(13(2)23-21)11-19(26)24-16-8-6-14(28-3)10-17(16)29-4/h6,8,10,12H,5,7,9,11H2,1-4H3,(H,24,26). The van der Waals surface area contributed by atoms with Gasteiger partial charge in [-0.3, -0.25) is 14.2 Å². The Hall–Kier alpha value is -2.87. The van der Waals surface area contributed by atoms with Crippen molar-refractivity contribution in [1.82, 2.24) is 9.55 Å². The van der Waals surface area contributed by atoms with Gasteiger partial charge in [0.15, 0.2) is 0 Å². The Labute approximate surface area is 178 Å². The summed E-state index contributed by atoms with van der Waals surface area (Å²) in [6.07, 6.45) is 2.96. The molecule has 1 aromatic carbocycles. The van der Waals surface area contributed by atoms with Crippen molar-refractivity contribution in [2.45, 2.75) is 39.7 Å². The molecular formula is C22H25N3O4S. The van der Waals surface area contributed by atoms with E-state index in [2.05, 4.69) is 17.2 Å². The van der Waals surface area contributed by atoms with E-state index < -0.39 is 0 Å². The zero-order chi connectivity index (χ0) is 21.4. The Morgan fingerprint density at radius 3 is 2.87 bits per heavy atom. The zero-order valence-corrected chi connectivity index (χ0v) is 18.4. The van der Waals surface area contributed by atoms with Crippen LogP contribution in [-0.2, 0) is 24.2 Å². The maximum Gasteiger partial charge on any atom is 0.263 e. The van der Waals surface area contributed by atoms with E-state index in [1.807, 2.05) is 0 Å². The van der Waals surface area contributed by atoms with Crippen molar-refractivity contribution in [1.29, 1.82) is 0 Å². The number of amides is 1. The first-order chi connectivity index (χ1) is 14.4. The summed E-state index contributed by atoms with van der Waals surface area (Å²) in [6, 6.07) is 5.14. The smallest absolute Gasteiger partial charge is 0.263 e. The lowest BCUT2D eigenvalue weighted by atomic mass is 9.89. The van der Waals surface area contributed by atoms with Crippen LogP contribution in [0.25, 0.3) is 10.2 Å². The topological polar surface area (TPSA) is 82.5 Å². The van der Waals surface area contributed by atoms with E-state index in [9.17, 15) is 9.59 Å². The van der Waals surface area contributed by atoms with Crippen molar-refractivity contribution in [3.63, 3.8) is 0 Å². The molecule has 7 nitrogen and oxygen atoms in total. The highest BCUT2D eigenvalue weighted by molar-refractivity contribution is 7.18. The molecule has 30 heavy (non-hydrogen) atoms. The number of rotatable bonds is 5. The molecule has 2 heterocycles. The molecule has 2 aromatic heterocycles. The minimum absolute atomic E-state index is 0.107. The number of benzene rings is 1. The Kier molecular flexibility index (Phi) is 5.51. The van der Waals surface area contributed by atoms with Crippen LogP contribution in [0.4, 0.5) is 5.69 Å². The van der Waals surface area contributed by atoms with Gasteiger partial charge in [0.2, 0.25) is 5.91 Å². The van der Waals surface area contributed by atoms with Crippen LogP contribution in [0.2, 0.25) is 0 Å². The summed E-state index contributed by atoms with van der Waals surface area (Å²) < 4.78 is 12.0. The molecule has 1 aliphatic carbocycles. The maximum atomic E-state index is 13.3. The Morgan fingerprint density at radius 1 is 1.33 bits per heavy atom. The summed E-state index contributed by atoms with van der Waals surface area (Å²) in [6.45, 7) is 3.90. The first kappa shape index (κ1) is 20.4. The summed E-state index contributed by atoms with van der Waals surface area (Å²) in [4.78, 5) is 32.7. The zero-order valence-electron chi connectivity index (χ0n) is 17.6. The van der Waals surface area contributed by atoms with Gasteiger partial charge in [-0.2, -0.15) is 0 Å². The number of hydrogen-bond acceptors (Lipinski definition) is 6. The number of carbonyl (C=O) groups is 1. The average Bonchev–Trinajstić information content (AvgIpc) is 3.08. The second-order valence-electron chi connectivity index (χ2n) is 7.70. The van der Waals surface area contributed by atoms with Gasteiger partial charge in [0.1, 0.15) is 28.7 Å². The average molecular weight is 428 g/mol. The molecule has 8 heteroatoms. The molecule has 3 aromatic rings. The molecule has 158 valence electrons. The molecule has 0 fully saturated rings. The van der Waals surface area contributed by atoms with Crippen molar-refractivity contribution in [2.75, 3.05) is 19.5 Å². The first-order valence-corrected chi connectivity index (χ1v) is 10.8. The Bertz CT molecular complexity index is 1180. The monoisotopic (exact) mass is 427 g/mol. The summed E-state index contributed by atoms with van der Waals surface area (Å²) in [5.74, 6) is 1.96. The van der Waals surface area contributed by atoms with Crippen LogP contribution in [0, 0.1) is 12.8 Å². The number of thiophene rings is 1. The number of nitrogens with one attached hydrogen (secondary N) is 1. The number of nitrogens with zero attached hydrogens (tertiary/aromatic N) is 2. The fraction of sp³-hybridized carbons (Fsp3) is 0.409. The minimum Gasteiger partial charge on any atom is -0.497 e. The molecule has 1 atom stereocenters. The van der Waals surface area contributed by atoms with E-state index >= 15 is 0 Å². The molecule has 0 spiro atoms. The molecule has 0 radical (unpaired) electrons. The van der Waals surface area contributed by atoms with Crippen LogP contribution >= 0.6 is 11.3 Å². The number of methoxy groups -OCH3 is 2. The second kappa shape index (κ2) is 8.10. The normalized spacial score (nSPS) is 15.7. The van der Waals surface area contributed by atoms with Crippen molar-refractivity contribution in [3.8, 4) is 11.5 Å². The fourth-order valence-electron chi connectivity index (χ4n) is 3.95. The van der Waals surface area contributed by atoms with Crippen LogP contribution in [0.1, 0.15) is 29.6 Å². The number of aromatic nitrogens is 2. The van der Waals surface area contributed by atoms with Gasteiger partial charge in [0.05, 0.1) is 25.3 Å². The third-order valence-electron chi connectivity index (χ3n) is 5.59. The van der Waals surface area contributed by atoms with Gasteiger partial charge in [-0.05, 0) is 49.8 Å². The SMILES string of the molecule is COc1ccc(NC(=O)Cn2c(C)nc3sc4c(c3c2=O)CCC(C)C4)c(OC)c1. The predicted molar refractivity (Wildman–Crippen MR) is 118 cm³/mol. The van der Waals surface area contributed by atoms with Gasteiger partial charge in [-0.1, -0.05) is 6.92 Å². The maximum absolute atomic E-state index is 13.3. The number of fused-ring (bicyclic) bond motifs is 3. The van der Waals surface area contributed by atoms with Crippen LogP contribution < -0.4 is 20.3 Å². The molecule has 1 unspecified atom stereocenters. The van der Waals surface area contributed by atoms with E-state index in [-0.39, 0.29) is 18.0 Å². The van der Waals surface area contributed by atoms with Crippen molar-refractivity contribution in [3.05, 3.63) is 44.8 Å².